The van der Waals surface area contributed by atoms with Gasteiger partial charge in [0.25, 0.3) is 0 Å². The van der Waals surface area contributed by atoms with Crippen LogP contribution in [0.3, 0.4) is 0 Å². The van der Waals surface area contributed by atoms with Crippen LogP contribution in [0.15, 0.2) is 24.5 Å². The van der Waals surface area contributed by atoms with E-state index in [2.05, 4.69) is 23.7 Å². The smallest absolute Gasteiger partial charge is 0.407 e. The van der Waals surface area contributed by atoms with E-state index in [-0.39, 0.29) is 30.1 Å². The normalized spacial score (nSPS) is 16.6. The van der Waals surface area contributed by atoms with Crippen LogP contribution < -0.4 is 33.9 Å². The SMILES string of the molecule is CCCCCCCCCCCCCCCCCCOCC1COC(COC(=O)NCc2cc[n+](CC)cc2)C1.[I-]. The molecule has 1 saturated heterocycles. The zero-order valence-electron chi connectivity index (χ0n) is 25.7. The molecule has 2 rings (SSSR count). The van der Waals surface area contributed by atoms with Gasteiger partial charge in [-0.25, -0.2) is 9.36 Å². The van der Waals surface area contributed by atoms with Gasteiger partial charge >= 0.3 is 6.09 Å². The summed E-state index contributed by atoms with van der Waals surface area (Å²) in [6.45, 7) is 8.36. The summed E-state index contributed by atoms with van der Waals surface area (Å²) in [5.74, 6) is 0.400. The van der Waals surface area contributed by atoms with Crippen molar-refractivity contribution >= 4 is 6.09 Å². The van der Waals surface area contributed by atoms with E-state index in [9.17, 15) is 4.79 Å². The number of nitrogens with zero attached hydrogens (tertiary/aromatic N) is 1. The molecule has 0 saturated carbocycles. The Kier molecular flexibility index (Phi) is 23.9. The van der Waals surface area contributed by atoms with E-state index >= 15 is 0 Å². The van der Waals surface area contributed by atoms with Crippen LogP contribution in [-0.2, 0) is 27.3 Å². The Labute approximate surface area is 262 Å². The molecule has 40 heavy (non-hydrogen) atoms. The summed E-state index contributed by atoms with van der Waals surface area (Å²) < 4.78 is 19.2. The van der Waals surface area contributed by atoms with E-state index in [1.54, 1.807) is 0 Å². The minimum atomic E-state index is -0.394. The van der Waals surface area contributed by atoms with Crippen LogP contribution in [0, 0.1) is 5.92 Å². The third kappa shape index (κ3) is 19.2. The number of aromatic nitrogens is 1. The van der Waals surface area contributed by atoms with Crippen molar-refractivity contribution in [1.29, 1.82) is 0 Å². The molecule has 1 aliphatic heterocycles. The van der Waals surface area contributed by atoms with E-state index in [4.69, 9.17) is 14.2 Å². The van der Waals surface area contributed by atoms with Gasteiger partial charge in [-0.15, -0.1) is 0 Å². The number of pyridine rings is 1. The number of hydrogen-bond acceptors (Lipinski definition) is 4. The number of carbonyl (C=O) groups is 1. The van der Waals surface area contributed by atoms with Gasteiger partial charge in [-0.3, -0.25) is 0 Å². The first-order valence-corrected chi connectivity index (χ1v) is 16.3. The highest BCUT2D eigenvalue weighted by atomic mass is 127. The van der Waals surface area contributed by atoms with E-state index in [1.807, 2.05) is 24.5 Å². The Morgan fingerprint density at radius 3 is 1.95 bits per heavy atom. The topological polar surface area (TPSA) is 60.7 Å². The van der Waals surface area contributed by atoms with Gasteiger partial charge in [0.15, 0.2) is 12.4 Å². The summed E-state index contributed by atoms with van der Waals surface area (Å²) in [6.07, 6.45) is 26.7. The van der Waals surface area contributed by atoms with Crippen LogP contribution in [-0.4, -0.2) is 38.6 Å². The van der Waals surface area contributed by atoms with Crippen LogP contribution in [0.5, 0.6) is 0 Å². The fourth-order valence-electron chi connectivity index (χ4n) is 5.23. The summed E-state index contributed by atoms with van der Waals surface area (Å²) in [5.41, 5.74) is 1.05. The molecule has 6 nitrogen and oxygen atoms in total. The molecule has 1 aliphatic rings. The first kappa shape index (κ1) is 37.1. The van der Waals surface area contributed by atoms with Crippen molar-refractivity contribution in [3.05, 3.63) is 30.1 Å². The maximum Gasteiger partial charge on any atom is 0.407 e. The summed E-state index contributed by atoms with van der Waals surface area (Å²) in [7, 11) is 0. The van der Waals surface area contributed by atoms with Gasteiger partial charge in [-0.1, -0.05) is 103 Å². The first-order chi connectivity index (χ1) is 19.2. The molecule has 1 N–H and O–H groups in total. The molecular formula is C33H59IN2O4. The fraction of sp³-hybridized carbons (Fsp3) is 0.818. The van der Waals surface area contributed by atoms with Crippen molar-refractivity contribution in [3.63, 3.8) is 0 Å². The average Bonchev–Trinajstić information content (AvgIpc) is 3.42. The molecule has 2 unspecified atom stereocenters. The Balaban J connectivity index is 0.00000800. The highest BCUT2D eigenvalue weighted by Crippen LogP contribution is 2.20. The molecule has 1 aromatic heterocycles. The Morgan fingerprint density at radius 1 is 0.850 bits per heavy atom. The van der Waals surface area contributed by atoms with Crippen molar-refractivity contribution in [2.24, 2.45) is 5.92 Å². The third-order valence-electron chi connectivity index (χ3n) is 7.82. The van der Waals surface area contributed by atoms with Gasteiger partial charge in [0.1, 0.15) is 13.2 Å². The zero-order chi connectivity index (χ0) is 27.8. The zero-order valence-corrected chi connectivity index (χ0v) is 27.8. The summed E-state index contributed by atoms with van der Waals surface area (Å²) in [5, 5.41) is 2.81. The number of carbonyl (C=O) groups excluding carboxylic acids is 1. The van der Waals surface area contributed by atoms with E-state index in [1.165, 1.54) is 96.3 Å². The molecule has 0 radical (unpaired) electrons. The molecular weight excluding hydrogens is 615 g/mol. The second-order valence-corrected chi connectivity index (χ2v) is 11.4. The number of aryl methyl sites for hydroxylation is 1. The minimum Gasteiger partial charge on any atom is -1.00 e. The molecule has 1 fully saturated rings. The van der Waals surface area contributed by atoms with E-state index in [0.717, 1.165) is 38.2 Å². The highest BCUT2D eigenvalue weighted by Gasteiger charge is 2.26. The summed E-state index contributed by atoms with van der Waals surface area (Å²) in [4.78, 5) is 12.0. The molecule has 0 aromatic carbocycles. The Hall–Kier alpha value is -0.930. The van der Waals surface area contributed by atoms with Gasteiger partial charge < -0.3 is 43.5 Å². The molecule has 1 amide bonds. The lowest BCUT2D eigenvalue weighted by Crippen LogP contribution is -3.00. The third-order valence-corrected chi connectivity index (χ3v) is 7.82. The lowest BCUT2D eigenvalue weighted by Gasteiger charge is -2.11. The fourth-order valence-corrected chi connectivity index (χ4v) is 5.23. The van der Waals surface area contributed by atoms with Crippen molar-refractivity contribution in [1.82, 2.24) is 5.32 Å². The number of unbranched alkanes of at least 4 members (excludes halogenated alkanes) is 15. The highest BCUT2D eigenvalue weighted by molar-refractivity contribution is 5.67. The van der Waals surface area contributed by atoms with Gasteiger partial charge in [0.05, 0.1) is 19.3 Å². The molecule has 0 aliphatic carbocycles. The van der Waals surface area contributed by atoms with Gasteiger partial charge in [-0.2, -0.15) is 0 Å². The molecule has 1 aromatic rings. The molecule has 232 valence electrons. The van der Waals surface area contributed by atoms with E-state index < -0.39 is 6.09 Å². The number of amides is 1. The molecule has 2 heterocycles. The van der Waals surface area contributed by atoms with E-state index in [0.29, 0.717) is 25.7 Å². The average molecular weight is 675 g/mol. The number of nitrogens with one attached hydrogen (secondary N) is 1. The van der Waals surface area contributed by atoms with Gasteiger partial charge in [-0.05, 0) is 25.3 Å². The first-order valence-electron chi connectivity index (χ1n) is 16.3. The maximum atomic E-state index is 12.0. The monoisotopic (exact) mass is 674 g/mol. The van der Waals surface area contributed by atoms with Gasteiger partial charge in [0.2, 0.25) is 0 Å². The van der Waals surface area contributed by atoms with Crippen molar-refractivity contribution in [2.45, 2.75) is 142 Å². The van der Waals surface area contributed by atoms with Crippen LogP contribution in [0.25, 0.3) is 0 Å². The van der Waals surface area contributed by atoms with Crippen molar-refractivity contribution in [3.8, 4) is 0 Å². The molecule has 2 atom stereocenters. The summed E-state index contributed by atoms with van der Waals surface area (Å²) in [6, 6.07) is 4.02. The predicted octanol–water partition coefficient (Wildman–Crippen LogP) is 4.91. The maximum absolute atomic E-state index is 12.0. The second-order valence-electron chi connectivity index (χ2n) is 11.4. The van der Waals surface area contributed by atoms with Crippen LogP contribution in [0.1, 0.15) is 129 Å². The van der Waals surface area contributed by atoms with Crippen molar-refractivity contribution < 1.29 is 47.5 Å². The predicted molar refractivity (Wildman–Crippen MR) is 159 cm³/mol. The number of ether oxygens (including phenoxy) is 3. The standard InChI is InChI=1S/C33H58N2O4.HI/c1-3-5-6-7-8-9-10-11-12-13-14-15-16-17-18-19-24-37-27-31-25-32(38-28-31)29-39-33(36)34-26-30-20-22-35(4-2)23-21-30;/h20-23,31-32H,3-19,24-29H2,1-2H3;1H. The lowest BCUT2D eigenvalue weighted by molar-refractivity contribution is -0.693. The lowest BCUT2D eigenvalue weighted by atomic mass is 10.0. The molecule has 0 spiro atoms. The number of rotatable bonds is 24. The van der Waals surface area contributed by atoms with Crippen LogP contribution >= 0.6 is 0 Å². The second kappa shape index (κ2) is 25.8. The minimum absolute atomic E-state index is 0. The van der Waals surface area contributed by atoms with Gasteiger partial charge in [0, 0.05) is 31.2 Å². The Bertz CT molecular complexity index is 719. The van der Waals surface area contributed by atoms with Crippen LogP contribution in [0.4, 0.5) is 4.79 Å². The Morgan fingerprint density at radius 2 is 1.40 bits per heavy atom. The summed E-state index contributed by atoms with van der Waals surface area (Å²) >= 11 is 0. The largest absolute Gasteiger partial charge is 1.00 e. The quantitative estimate of drug-likeness (QED) is 0.0963. The number of alkyl carbamates (subject to hydrolysis) is 1. The van der Waals surface area contributed by atoms with Crippen molar-refractivity contribution in [2.75, 3.05) is 26.4 Å². The number of hydrogen-bond donors (Lipinski definition) is 1. The number of halogens is 1. The molecule has 0 bridgehead atoms. The van der Waals surface area contributed by atoms with Crippen LogP contribution in [0.2, 0.25) is 0 Å². The molecule has 7 heteroatoms.